The molecule has 4 fully saturated rings. The lowest BCUT2D eigenvalue weighted by atomic mass is 9.48. The zero-order valence-electron chi connectivity index (χ0n) is 12.7. The maximum atomic E-state index is 12.6. The van der Waals surface area contributed by atoms with Crippen molar-refractivity contribution in [1.82, 2.24) is 0 Å². The smallest absolute Gasteiger partial charge is 0.163 e. The average Bonchev–Trinajstić information content (AvgIpc) is 2.45. The van der Waals surface area contributed by atoms with Crippen LogP contribution in [0.4, 0.5) is 0 Å². The van der Waals surface area contributed by atoms with Gasteiger partial charge in [-0.1, -0.05) is 24.3 Å². The fraction of sp³-hybridized carbons (Fsp3) is 0.579. The van der Waals surface area contributed by atoms with E-state index in [4.69, 9.17) is 0 Å². The summed E-state index contributed by atoms with van der Waals surface area (Å²) in [5.74, 6) is 1.52. The lowest BCUT2D eigenvalue weighted by Gasteiger charge is -2.56. The second-order valence-electron chi connectivity index (χ2n) is 7.88. The van der Waals surface area contributed by atoms with Gasteiger partial charge in [-0.2, -0.15) is 0 Å². The van der Waals surface area contributed by atoms with Crippen molar-refractivity contribution >= 4 is 11.8 Å². The number of ketones is 1. The van der Waals surface area contributed by atoms with Crippen LogP contribution in [-0.2, 0) is 0 Å². The highest BCUT2D eigenvalue weighted by Gasteiger charge is 2.51. The first-order valence-corrected chi connectivity index (χ1v) is 8.38. The van der Waals surface area contributed by atoms with E-state index in [1.165, 1.54) is 50.7 Å². The van der Waals surface area contributed by atoms with Crippen molar-refractivity contribution in [3.8, 4) is 0 Å². The molecule has 1 aromatic carbocycles. The Morgan fingerprint density at radius 2 is 1.36 bits per heavy atom. The minimum absolute atomic E-state index is 0.131. The summed E-state index contributed by atoms with van der Waals surface area (Å²) in [5.41, 5.74) is 1.01. The van der Waals surface area contributed by atoms with Crippen molar-refractivity contribution < 1.29 is 14.7 Å². The Kier molecular flexibility index (Phi) is 3.14. The highest BCUT2D eigenvalue weighted by atomic mass is 16.4. The molecule has 4 aliphatic rings. The van der Waals surface area contributed by atoms with Gasteiger partial charge in [0.25, 0.3) is 0 Å². The van der Waals surface area contributed by atoms with Crippen LogP contribution in [0.3, 0.4) is 0 Å². The lowest BCUT2D eigenvalue weighted by molar-refractivity contribution is -0.255. The molecule has 116 valence electrons. The fourth-order valence-corrected chi connectivity index (χ4v) is 5.74. The lowest BCUT2D eigenvalue weighted by Crippen LogP contribution is -2.46. The van der Waals surface area contributed by atoms with E-state index in [-0.39, 0.29) is 16.8 Å². The second-order valence-corrected chi connectivity index (χ2v) is 7.88. The molecule has 4 bridgehead atoms. The molecule has 0 amide bonds. The van der Waals surface area contributed by atoms with Crippen LogP contribution >= 0.6 is 0 Å². The number of hydrogen-bond donors (Lipinski definition) is 0. The number of benzene rings is 1. The third-order valence-electron chi connectivity index (χ3n) is 6.14. The van der Waals surface area contributed by atoms with E-state index in [9.17, 15) is 14.7 Å². The van der Waals surface area contributed by atoms with Crippen LogP contribution in [0.2, 0.25) is 0 Å². The Labute approximate surface area is 130 Å². The molecule has 0 N–H and O–H groups in total. The van der Waals surface area contributed by atoms with Gasteiger partial charge >= 0.3 is 0 Å². The Hall–Kier alpha value is -1.64. The summed E-state index contributed by atoms with van der Waals surface area (Å²) in [4.78, 5) is 23.4. The van der Waals surface area contributed by atoms with Gasteiger partial charge in [-0.3, -0.25) is 4.79 Å². The maximum absolute atomic E-state index is 12.6. The third-order valence-corrected chi connectivity index (χ3v) is 6.14. The number of aromatic carboxylic acids is 1. The van der Waals surface area contributed by atoms with Crippen LogP contribution in [0.15, 0.2) is 24.3 Å². The van der Waals surface area contributed by atoms with Crippen molar-refractivity contribution in [1.29, 1.82) is 0 Å². The number of carbonyl (C=O) groups is 2. The van der Waals surface area contributed by atoms with Gasteiger partial charge in [0.05, 0.1) is 5.97 Å². The van der Waals surface area contributed by atoms with Gasteiger partial charge in [0.15, 0.2) is 5.78 Å². The molecule has 0 spiro atoms. The van der Waals surface area contributed by atoms with Gasteiger partial charge < -0.3 is 9.90 Å². The first-order valence-electron chi connectivity index (χ1n) is 8.38. The number of carboxylic acids is 1. The van der Waals surface area contributed by atoms with Crippen LogP contribution in [0.1, 0.15) is 65.7 Å². The molecule has 4 aliphatic carbocycles. The molecular formula is C19H21O3-. The van der Waals surface area contributed by atoms with Crippen molar-refractivity contribution in [2.45, 2.75) is 44.9 Å². The summed E-state index contributed by atoms with van der Waals surface area (Å²) < 4.78 is 0. The minimum atomic E-state index is -1.19. The second kappa shape index (κ2) is 4.94. The summed E-state index contributed by atoms with van der Waals surface area (Å²) in [7, 11) is 0. The number of hydrogen-bond acceptors (Lipinski definition) is 3. The number of Topliss-reactive ketones (excluding diaryl/α,β-unsaturated/α-hetero) is 1. The molecule has 0 unspecified atom stereocenters. The van der Waals surface area contributed by atoms with Crippen LogP contribution in [0.25, 0.3) is 0 Å². The standard InChI is InChI=1S/C19H22O3/c20-17(15-1-3-16(4-2-15)18(21)22)11-19-8-12-5-13(9-19)7-14(6-12)10-19/h1-4,12-14H,5-11H2,(H,21,22)/p-1. The topological polar surface area (TPSA) is 57.2 Å². The van der Waals surface area contributed by atoms with Gasteiger partial charge in [0, 0.05) is 12.0 Å². The van der Waals surface area contributed by atoms with Crippen molar-refractivity contribution in [2.24, 2.45) is 23.2 Å². The summed E-state index contributed by atoms with van der Waals surface area (Å²) in [6, 6.07) is 6.21. The van der Waals surface area contributed by atoms with Crippen molar-refractivity contribution in [3.63, 3.8) is 0 Å². The molecule has 1 aromatic rings. The third kappa shape index (κ3) is 2.37. The SMILES string of the molecule is O=C([O-])c1ccc(C(=O)CC23CC4CC(CC(C4)C2)C3)cc1. The van der Waals surface area contributed by atoms with E-state index >= 15 is 0 Å². The van der Waals surface area contributed by atoms with E-state index in [0.29, 0.717) is 12.0 Å². The van der Waals surface area contributed by atoms with Crippen LogP contribution < -0.4 is 5.11 Å². The normalized spacial score (nSPS) is 35.5. The minimum Gasteiger partial charge on any atom is -0.545 e. The molecule has 0 aromatic heterocycles. The summed E-state index contributed by atoms with van der Waals surface area (Å²) >= 11 is 0. The Balaban J connectivity index is 1.51. The van der Waals surface area contributed by atoms with E-state index in [2.05, 4.69) is 0 Å². The predicted molar refractivity (Wildman–Crippen MR) is 80.3 cm³/mol. The zero-order chi connectivity index (χ0) is 15.3. The molecule has 0 radical (unpaired) electrons. The number of carboxylic acid groups (broad SMARTS) is 1. The Morgan fingerprint density at radius 3 is 1.82 bits per heavy atom. The summed E-state index contributed by atoms with van der Waals surface area (Å²) in [5, 5.41) is 10.8. The van der Waals surface area contributed by atoms with Crippen molar-refractivity contribution in [2.75, 3.05) is 0 Å². The van der Waals surface area contributed by atoms with Gasteiger partial charge in [-0.05, 0) is 67.3 Å². The van der Waals surface area contributed by atoms with E-state index < -0.39 is 5.97 Å². The van der Waals surface area contributed by atoms with E-state index in [0.717, 1.165) is 17.8 Å². The number of rotatable bonds is 4. The molecule has 0 saturated heterocycles. The van der Waals surface area contributed by atoms with Crippen LogP contribution in [-0.4, -0.2) is 11.8 Å². The first-order chi connectivity index (χ1) is 10.5. The van der Waals surface area contributed by atoms with Gasteiger partial charge in [-0.25, -0.2) is 0 Å². The molecule has 5 rings (SSSR count). The van der Waals surface area contributed by atoms with Gasteiger partial charge in [-0.15, -0.1) is 0 Å². The van der Waals surface area contributed by atoms with Crippen LogP contribution in [0.5, 0.6) is 0 Å². The Bertz CT molecular complexity index is 579. The molecule has 4 saturated carbocycles. The molecule has 0 atom stereocenters. The van der Waals surface area contributed by atoms with E-state index in [1.807, 2.05) is 0 Å². The quantitative estimate of drug-likeness (QED) is 0.803. The Morgan fingerprint density at radius 1 is 0.909 bits per heavy atom. The summed E-state index contributed by atoms with van der Waals surface area (Å²) in [6.45, 7) is 0. The number of carbonyl (C=O) groups excluding carboxylic acids is 2. The highest BCUT2D eigenvalue weighted by Crippen LogP contribution is 2.61. The van der Waals surface area contributed by atoms with E-state index in [1.54, 1.807) is 12.1 Å². The molecule has 0 aliphatic heterocycles. The maximum Gasteiger partial charge on any atom is 0.163 e. The first kappa shape index (κ1) is 14.0. The van der Waals surface area contributed by atoms with Crippen LogP contribution in [0, 0.1) is 23.2 Å². The van der Waals surface area contributed by atoms with Gasteiger partial charge in [0.2, 0.25) is 0 Å². The largest absolute Gasteiger partial charge is 0.545 e. The summed E-state index contributed by atoms with van der Waals surface area (Å²) in [6.07, 6.45) is 8.46. The molecule has 3 nitrogen and oxygen atoms in total. The zero-order valence-corrected chi connectivity index (χ0v) is 12.7. The molecule has 0 heterocycles. The van der Waals surface area contributed by atoms with Crippen molar-refractivity contribution in [3.05, 3.63) is 35.4 Å². The highest BCUT2D eigenvalue weighted by molar-refractivity contribution is 5.97. The monoisotopic (exact) mass is 297 g/mol. The van der Waals surface area contributed by atoms with Gasteiger partial charge in [0.1, 0.15) is 0 Å². The molecular weight excluding hydrogens is 276 g/mol. The predicted octanol–water partition coefficient (Wildman–Crippen LogP) is 2.84. The molecule has 22 heavy (non-hydrogen) atoms. The fourth-order valence-electron chi connectivity index (χ4n) is 5.74. The molecule has 3 heteroatoms. The average molecular weight is 297 g/mol.